The van der Waals surface area contributed by atoms with Crippen molar-refractivity contribution in [3.63, 3.8) is 0 Å². The zero-order chi connectivity index (χ0) is 13.7. The predicted octanol–water partition coefficient (Wildman–Crippen LogP) is 3.68. The Morgan fingerprint density at radius 2 is 2.20 bits per heavy atom. The SMILES string of the molecule is NC1(c2ncc(-c3nc4cc(Cl)ccc4s3)[nH]2)CCC1. The number of H-pyrrole nitrogens is 1. The number of nitrogens with two attached hydrogens (primary N) is 1. The lowest BCUT2D eigenvalue weighted by molar-refractivity contribution is 0.240. The number of thiazole rings is 1. The molecule has 1 saturated carbocycles. The molecule has 0 atom stereocenters. The Morgan fingerprint density at radius 1 is 1.35 bits per heavy atom. The van der Waals surface area contributed by atoms with E-state index in [2.05, 4.69) is 15.0 Å². The fraction of sp³-hybridized carbons (Fsp3) is 0.286. The van der Waals surface area contributed by atoms with Crippen molar-refractivity contribution in [3.8, 4) is 10.7 Å². The topological polar surface area (TPSA) is 67.6 Å². The second-order valence-electron chi connectivity index (χ2n) is 5.29. The minimum Gasteiger partial charge on any atom is -0.338 e. The van der Waals surface area contributed by atoms with Crippen LogP contribution >= 0.6 is 22.9 Å². The van der Waals surface area contributed by atoms with Gasteiger partial charge >= 0.3 is 0 Å². The second-order valence-corrected chi connectivity index (χ2v) is 6.75. The summed E-state index contributed by atoms with van der Waals surface area (Å²) in [6.45, 7) is 0. The number of hydrogen-bond acceptors (Lipinski definition) is 4. The molecule has 0 radical (unpaired) electrons. The highest BCUT2D eigenvalue weighted by atomic mass is 35.5. The summed E-state index contributed by atoms with van der Waals surface area (Å²) in [5.74, 6) is 0.871. The molecule has 0 saturated heterocycles. The molecule has 3 aromatic rings. The van der Waals surface area contributed by atoms with E-state index in [0.717, 1.165) is 39.6 Å². The summed E-state index contributed by atoms with van der Waals surface area (Å²) >= 11 is 7.62. The molecule has 0 amide bonds. The Morgan fingerprint density at radius 3 is 2.95 bits per heavy atom. The van der Waals surface area contributed by atoms with Crippen molar-refractivity contribution in [2.45, 2.75) is 24.8 Å². The van der Waals surface area contributed by atoms with Crippen LogP contribution in [-0.2, 0) is 5.54 Å². The fourth-order valence-electron chi connectivity index (χ4n) is 2.49. The van der Waals surface area contributed by atoms with Crippen LogP contribution in [0.1, 0.15) is 25.1 Å². The minimum atomic E-state index is -0.266. The Kier molecular flexibility index (Phi) is 2.64. The summed E-state index contributed by atoms with van der Waals surface area (Å²) in [7, 11) is 0. The number of rotatable bonds is 2. The number of fused-ring (bicyclic) bond motifs is 1. The molecule has 102 valence electrons. The van der Waals surface area contributed by atoms with Gasteiger partial charge in [0.2, 0.25) is 0 Å². The zero-order valence-electron chi connectivity index (χ0n) is 10.7. The lowest BCUT2D eigenvalue weighted by Crippen LogP contribution is -2.44. The number of aromatic amines is 1. The lowest BCUT2D eigenvalue weighted by Gasteiger charge is -2.35. The number of aromatic nitrogens is 3. The van der Waals surface area contributed by atoms with Gasteiger partial charge in [0.25, 0.3) is 0 Å². The van der Waals surface area contributed by atoms with Crippen LogP contribution in [0, 0.1) is 0 Å². The van der Waals surface area contributed by atoms with E-state index in [1.54, 1.807) is 11.3 Å². The summed E-state index contributed by atoms with van der Waals surface area (Å²) < 4.78 is 1.12. The van der Waals surface area contributed by atoms with Crippen molar-refractivity contribution >= 4 is 33.2 Å². The third kappa shape index (κ3) is 1.85. The van der Waals surface area contributed by atoms with E-state index in [1.165, 1.54) is 6.42 Å². The smallest absolute Gasteiger partial charge is 0.142 e. The van der Waals surface area contributed by atoms with Gasteiger partial charge in [-0.2, -0.15) is 0 Å². The summed E-state index contributed by atoms with van der Waals surface area (Å²) in [6.07, 6.45) is 4.98. The van der Waals surface area contributed by atoms with Crippen LogP contribution in [0.2, 0.25) is 5.02 Å². The fourth-order valence-corrected chi connectivity index (χ4v) is 3.57. The monoisotopic (exact) mass is 304 g/mol. The highest BCUT2D eigenvalue weighted by molar-refractivity contribution is 7.21. The molecule has 20 heavy (non-hydrogen) atoms. The van der Waals surface area contributed by atoms with Crippen molar-refractivity contribution in [2.75, 3.05) is 0 Å². The van der Waals surface area contributed by atoms with E-state index >= 15 is 0 Å². The molecule has 3 N–H and O–H groups in total. The second kappa shape index (κ2) is 4.28. The van der Waals surface area contributed by atoms with Crippen LogP contribution in [0.4, 0.5) is 0 Å². The number of nitrogens with one attached hydrogen (secondary N) is 1. The van der Waals surface area contributed by atoms with E-state index in [1.807, 2.05) is 24.4 Å². The number of imidazole rings is 1. The van der Waals surface area contributed by atoms with Crippen molar-refractivity contribution in [3.05, 3.63) is 35.2 Å². The summed E-state index contributed by atoms with van der Waals surface area (Å²) in [4.78, 5) is 12.4. The van der Waals surface area contributed by atoms with Crippen LogP contribution in [-0.4, -0.2) is 15.0 Å². The van der Waals surface area contributed by atoms with Gasteiger partial charge in [0.05, 0.1) is 27.6 Å². The molecular formula is C14H13ClN4S. The summed E-state index contributed by atoms with van der Waals surface area (Å²) in [6, 6.07) is 5.75. The van der Waals surface area contributed by atoms with Gasteiger partial charge in [0.1, 0.15) is 10.8 Å². The zero-order valence-corrected chi connectivity index (χ0v) is 12.3. The Balaban J connectivity index is 1.75. The molecule has 4 rings (SSSR count). The van der Waals surface area contributed by atoms with Crippen LogP contribution in [0.3, 0.4) is 0 Å². The molecule has 1 aromatic carbocycles. The molecule has 4 nitrogen and oxygen atoms in total. The Bertz CT molecular complexity index is 787. The molecule has 6 heteroatoms. The number of benzene rings is 1. The average Bonchev–Trinajstić information content (AvgIpc) is 3.01. The molecule has 1 aliphatic rings. The molecule has 1 aliphatic carbocycles. The Labute approximate surface area is 125 Å². The highest BCUT2D eigenvalue weighted by Gasteiger charge is 2.37. The predicted molar refractivity (Wildman–Crippen MR) is 81.9 cm³/mol. The molecule has 0 bridgehead atoms. The quantitative estimate of drug-likeness (QED) is 0.759. The third-order valence-corrected chi connectivity index (χ3v) is 5.18. The first-order valence-electron chi connectivity index (χ1n) is 6.55. The van der Waals surface area contributed by atoms with Crippen LogP contribution in [0.5, 0.6) is 0 Å². The van der Waals surface area contributed by atoms with Gasteiger partial charge in [0, 0.05) is 5.02 Å². The number of nitrogens with zero attached hydrogens (tertiary/aromatic N) is 2. The maximum absolute atomic E-state index is 6.28. The minimum absolute atomic E-state index is 0.266. The van der Waals surface area contributed by atoms with Gasteiger partial charge in [-0.25, -0.2) is 9.97 Å². The van der Waals surface area contributed by atoms with Crippen molar-refractivity contribution in [2.24, 2.45) is 5.73 Å². The van der Waals surface area contributed by atoms with Gasteiger partial charge in [-0.15, -0.1) is 11.3 Å². The lowest BCUT2D eigenvalue weighted by atomic mass is 9.77. The van der Waals surface area contributed by atoms with E-state index in [4.69, 9.17) is 17.3 Å². The largest absolute Gasteiger partial charge is 0.338 e. The molecule has 0 unspecified atom stereocenters. The highest BCUT2D eigenvalue weighted by Crippen LogP contribution is 2.38. The molecule has 0 aliphatic heterocycles. The van der Waals surface area contributed by atoms with E-state index in [0.29, 0.717) is 5.02 Å². The Hall–Kier alpha value is -1.43. The first-order chi connectivity index (χ1) is 9.64. The first kappa shape index (κ1) is 12.3. The normalized spacial score (nSPS) is 17.3. The maximum Gasteiger partial charge on any atom is 0.142 e. The van der Waals surface area contributed by atoms with Gasteiger partial charge in [0.15, 0.2) is 0 Å². The van der Waals surface area contributed by atoms with Crippen molar-refractivity contribution in [1.82, 2.24) is 15.0 Å². The van der Waals surface area contributed by atoms with Crippen LogP contribution in [0.15, 0.2) is 24.4 Å². The van der Waals surface area contributed by atoms with E-state index in [-0.39, 0.29) is 5.54 Å². The van der Waals surface area contributed by atoms with Crippen LogP contribution in [0.25, 0.3) is 20.9 Å². The van der Waals surface area contributed by atoms with Gasteiger partial charge < -0.3 is 10.7 Å². The summed E-state index contributed by atoms with van der Waals surface area (Å²) in [5.41, 5.74) is 7.86. The van der Waals surface area contributed by atoms with Gasteiger partial charge in [-0.3, -0.25) is 0 Å². The van der Waals surface area contributed by atoms with Gasteiger partial charge in [-0.05, 0) is 37.5 Å². The molecule has 2 heterocycles. The van der Waals surface area contributed by atoms with E-state index in [9.17, 15) is 0 Å². The maximum atomic E-state index is 6.28. The molecule has 1 fully saturated rings. The first-order valence-corrected chi connectivity index (χ1v) is 7.74. The molecular weight excluding hydrogens is 292 g/mol. The average molecular weight is 305 g/mol. The van der Waals surface area contributed by atoms with Crippen molar-refractivity contribution in [1.29, 1.82) is 0 Å². The number of hydrogen-bond donors (Lipinski definition) is 2. The van der Waals surface area contributed by atoms with Gasteiger partial charge in [-0.1, -0.05) is 11.6 Å². The standard InChI is InChI=1S/C14H13ClN4S/c15-8-2-3-11-9(6-8)18-12(20-11)10-7-17-13(19-10)14(16)4-1-5-14/h2-3,6-7H,1,4-5,16H2,(H,17,19). The van der Waals surface area contributed by atoms with E-state index < -0.39 is 0 Å². The number of halogens is 1. The molecule has 2 aromatic heterocycles. The third-order valence-electron chi connectivity index (χ3n) is 3.87. The van der Waals surface area contributed by atoms with Crippen LogP contribution < -0.4 is 5.73 Å². The van der Waals surface area contributed by atoms with Crippen molar-refractivity contribution < 1.29 is 0 Å². The summed E-state index contributed by atoms with van der Waals surface area (Å²) in [5, 5.41) is 1.62. The molecule has 0 spiro atoms.